The van der Waals surface area contributed by atoms with Crippen LogP contribution in [0.4, 0.5) is 11.5 Å². The molecule has 2 N–H and O–H groups in total. The summed E-state index contributed by atoms with van der Waals surface area (Å²) in [4.78, 5) is 0.400. The fourth-order valence-electron chi connectivity index (χ4n) is 1.33. The Kier molecular flexibility index (Phi) is 3.37. The second kappa shape index (κ2) is 4.44. The molecule has 1 rings (SSSR count). The van der Waals surface area contributed by atoms with Crippen molar-refractivity contribution in [2.24, 2.45) is 5.11 Å². The van der Waals surface area contributed by atoms with Crippen LogP contribution in [0.5, 0.6) is 0 Å². The van der Waals surface area contributed by atoms with Crippen molar-refractivity contribution in [1.82, 2.24) is 5.10 Å². The van der Waals surface area contributed by atoms with E-state index in [0.717, 1.165) is 0 Å². The summed E-state index contributed by atoms with van der Waals surface area (Å²) < 4.78 is 0. The minimum Gasteiger partial charge on any atom is -0.594 e. The third kappa shape index (κ3) is 2.63. The lowest BCUT2D eigenvalue weighted by molar-refractivity contribution is -0.671. The van der Waals surface area contributed by atoms with Crippen molar-refractivity contribution in [2.45, 2.75) is 33.2 Å². The van der Waals surface area contributed by atoms with Gasteiger partial charge in [0, 0.05) is 5.10 Å². The minimum atomic E-state index is -0.614. The third-order valence-corrected chi connectivity index (χ3v) is 2.03. The van der Waals surface area contributed by atoms with Crippen LogP contribution >= 0.6 is 0 Å². The van der Waals surface area contributed by atoms with Crippen molar-refractivity contribution in [3.63, 3.8) is 0 Å². The second-order valence-corrected chi connectivity index (χ2v) is 4.74. The Balaban J connectivity index is 3.53. The highest BCUT2D eigenvalue weighted by atomic mass is 16.5. The molecule has 0 saturated heterocycles. The van der Waals surface area contributed by atoms with Gasteiger partial charge in [-0.3, -0.25) is 0 Å². The first-order valence-electron chi connectivity index (χ1n) is 5.17. The number of hydrogen-bond acceptors (Lipinski definition) is 6. The van der Waals surface area contributed by atoms with Gasteiger partial charge in [-0.05, 0) is 37.7 Å². The average Bonchev–Trinajstić information content (AvgIpc) is 2.13. The predicted molar refractivity (Wildman–Crippen MR) is 62.5 cm³/mol. The number of nitriles is 1. The van der Waals surface area contributed by atoms with Crippen LogP contribution in [0, 0.1) is 28.7 Å². The van der Waals surface area contributed by atoms with Crippen molar-refractivity contribution < 1.29 is 9.71 Å². The molecule has 0 aromatic carbocycles. The highest BCUT2D eigenvalue weighted by Gasteiger charge is 2.28. The molecule has 0 radical (unpaired) electrons. The van der Waals surface area contributed by atoms with Crippen LogP contribution in [0.25, 0.3) is 0 Å². The van der Waals surface area contributed by atoms with Crippen LogP contribution in [0.2, 0.25) is 0 Å². The van der Waals surface area contributed by atoms with Crippen LogP contribution in [0.15, 0.2) is 5.11 Å². The number of azo groups is 1. The molecule has 1 aromatic rings. The summed E-state index contributed by atoms with van der Waals surface area (Å²) >= 11 is 0. The van der Waals surface area contributed by atoms with Gasteiger partial charge in [-0.2, -0.15) is 5.26 Å². The zero-order valence-electron chi connectivity index (χ0n) is 10.6. The molecule has 0 bridgehead atoms. The summed E-state index contributed by atoms with van der Waals surface area (Å²) in [5, 5.41) is 39.2. The SMILES string of the molecule is Cc1c([N+]([O-])=NC(C)(C)C)c(N)n[n+]([O-])c1C#N. The summed E-state index contributed by atoms with van der Waals surface area (Å²) in [5.74, 6) is -0.260. The fraction of sp³-hybridized carbons (Fsp3) is 0.500. The molecule has 96 valence electrons. The van der Waals surface area contributed by atoms with Crippen molar-refractivity contribution in [1.29, 1.82) is 5.26 Å². The number of rotatable bonds is 1. The Morgan fingerprint density at radius 2 is 2.06 bits per heavy atom. The summed E-state index contributed by atoms with van der Waals surface area (Å²) in [6.45, 7) is 6.65. The molecule has 18 heavy (non-hydrogen) atoms. The Bertz CT molecular complexity index is 553. The Morgan fingerprint density at radius 3 is 2.50 bits per heavy atom. The van der Waals surface area contributed by atoms with Crippen molar-refractivity contribution in [3.05, 3.63) is 21.7 Å². The lowest BCUT2D eigenvalue weighted by Gasteiger charge is -2.11. The standard InChI is InChI=1S/C10H14N6O2/c1-6-7(5-11)15(17)13-9(12)8(6)16(18)14-10(2,3)4/h1-4H3,(H2,12,13). The van der Waals surface area contributed by atoms with Crippen molar-refractivity contribution in [2.75, 3.05) is 5.73 Å². The molecule has 0 spiro atoms. The molecule has 0 aliphatic carbocycles. The van der Waals surface area contributed by atoms with E-state index in [1.165, 1.54) is 6.92 Å². The van der Waals surface area contributed by atoms with E-state index in [4.69, 9.17) is 11.0 Å². The molecule has 0 atom stereocenters. The molecular formula is C10H14N6O2. The van der Waals surface area contributed by atoms with E-state index >= 15 is 0 Å². The van der Waals surface area contributed by atoms with E-state index in [2.05, 4.69) is 10.2 Å². The molecule has 0 amide bonds. The van der Waals surface area contributed by atoms with E-state index in [-0.39, 0.29) is 27.6 Å². The normalized spacial score (nSPS) is 12.3. The fourth-order valence-corrected chi connectivity index (χ4v) is 1.33. The summed E-state index contributed by atoms with van der Waals surface area (Å²) in [6.07, 6.45) is 0. The molecular weight excluding hydrogens is 236 g/mol. The highest BCUT2D eigenvalue weighted by molar-refractivity contribution is 5.57. The number of aromatic nitrogens is 2. The van der Waals surface area contributed by atoms with Gasteiger partial charge >= 0.3 is 11.4 Å². The Morgan fingerprint density at radius 1 is 1.50 bits per heavy atom. The lowest BCUT2D eigenvalue weighted by atomic mass is 10.1. The molecule has 0 fully saturated rings. The van der Waals surface area contributed by atoms with Gasteiger partial charge in [0.2, 0.25) is 0 Å². The summed E-state index contributed by atoms with van der Waals surface area (Å²) in [5.41, 5.74) is 4.71. The quantitative estimate of drug-likeness (QED) is 0.342. The van der Waals surface area contributed by atoms with Crippen molar-refractivity contribution >= 4 is 11.5 Å². The highest BCUT2D eigenvalue weighted by Crippen LogP contribution is 2.25. The van der Waals surface area contributed by atoms with E-state index in [9.17, 15) is 10.4 Å². The largest absolute Gasteiger partial charge is 0.594 e. The zero-order valence-corrected chi connectivity index (χ0v) is 10.6. The van der Waals surface area contributed by atoms with Crippen LogP contribution in [0.1, 0.15) is 32.0 Å². The topological polar surface area (TPSA) is 128 Å². The zero-order chi connectivity index (χ0) is 14.1. The number of anilines is 1. The monoisotopic (exact) mass is 250 g/mol. The first-order valence-corrected chi connectivity index (χ1v) is 5.17. The maximum Gasteiger partial charge on any atom is 0.331 e. The predicted octanol–water partition coefficient (Wildman–Crippen LogP) is 0.870. The lowest BCUT2D eigenvalue weighted by Crippen LogP contribution is -2.37. The number of hydrogen-bond donors (Lipinski definition) is 1. The summed E-state index contributed by atoms with van der Waals surface area (Å²) in [6, 6.07) is 1.67. The third-order valence-electron chi connectivity index (χ3n) is 2.03. The average molecular weight is 250 g/mol. The van der Waals surface area contributed by atoms with Crippen molar-refractivity contribution in [3.8, 4) is 6.07 Å². The van der Waals surface area contributed by atoms with Crippen LogP contribution in [-0.2, 0) is 0 Å². The van der Waals surface area contributed by atoms with Gasteiger partial charge in [0.15, 0.2) is 6.07 Å². The van der Waals surface area contributed by atoms with Gasteiger partial charge < -0.3 is 16.1 Å². The number of nitrogens with zero attached hydrogens (tertiary/aromatic N) is 5. The van der Waals surface area contributed by atoms with Gasteiger partial charge in [-0.1, -0.05) is 4.86 Å². The van der Waals surface area contributed by atoms with Gasteiger partial charge in [0.25, 0.3) is 5.82 Å². The van der Waals surface area contributed by atoms with E-state index in [1.807, 2.05) is 0 Å². The number of nitrogens with two attached hydrogens (primary N) is 1. The Labute approximate surface area is 104 Å². The molecule has 0 saturated carbocycles. The van der Waals surface area contributed by atoms with E-state index in [1.54, 1.807) is 26.8 Å². The molecule has 8 nitrogen and oxygen atoms in total. The molecule has 8 heteroatoms. The minimum absolute atomic E-state index is 0.0754. The van der Waals surface area contributed by atoms with E-state index in [0.29, 0.717) is 4.86 Å². The molecule has 0 aliphatic rings. The van der Waals surface area contributed by atoms with Gasteiger partial charge in [-0.25, -0.2) is 0 Å². The number of nitrogen functional groups attached to an aromatic ring is 1. The van der Waals surface area contributed by atoms with Gasteiger partial charge in [0.05, 0.1) is 0 Å². The van der Waals surface area contributed by atoms with Gasteiger partial charge in [0.1, 0.15) is 11.1 Å². The Hall–Kier alpha value is -2.43. The van der Waals surface area contributed by atoms with E-state index < -0.39 is 5.54 Å². The smallest absolute Gasteiger partial charge is 0.331 e. The molecule has 0 unspecified atom stereocenters. The van der Waals surface area contributed by atoms with Gasteiger partial charge in [-0.15, -0.1) is 0 Å². The summed E-state index contributed by atoms with van der Waals surface area (Å²) in [7, 11) is 0. The first-order chi connectivity index (χ1) is 8.17. The first kappa shape index (κ1) is 13.6. The molecule has 1 aromatic heterocycles. The maximum atomic E-state index is 11.9. The maximum absolute atomic E-state index is 11.9. The molecule has 1 heterocycles. The second-order valence-electron chi connectivity index (χ2n) is 4.74. The molecule has 0 aliphatic heterocycles. The van der Waals surface area contributed by atoms with Crippen LogP contribution in [0.3, 0.4) is 0 Å². The van der Waals surface area contributed by atoms with Crippen LogP contribution in [-0.4, -0.2) is 15.5 Å². The van der Waals surface area contributed by atoms with Crippen LogP contribution < -0.4 is 10.6 Å².